The summed E-state index contributed by atoms with van der Waals surface area (Å²) in [6.45, 7) is 2.26. The molecular weight excluding hydrogens is 272 g/mol. The third-order valence-corrected chi connectivity index (χ3v) is 3.28. The largest absolute Gasteiger partial charge is 0.491 e. The van der Waals surface area contributed by atoms with Gasteiger partial charge in [-0.2, -0.15) is 0 Å². The number of nitrogens with two attached hydrogens (primary N) is 1. The lowest BCUT2D eigenvalue weighted by molar-refractivity contribution is 0.233. The summed E-state index contributed by atoms with van der Waals surface area (Å²) in [4.78, 5) is 2.19. The van der Waals surface area contributed by atoms with E-state index in [1.807, 2.05) is 42.5 Å². The maximum atomic E-state index is 6.03. The Bertz CT molecular complexity index is 560. The van der Waals surface area contributed by atoms with Crippen LogP contribution < -0.4 is 10.5 Å². The summed E-state index contributed by atoms with van der Waals surface area (Å²) in [5, 5.41) is 0.644. The molecule has 0 spiro atoms. The van der Waals surface area contributed by atoms with Crippen molar-refractivity contribution in [3.63, 3.8) is 0 Å². The van der Waals surface area contributed by atoms with E-state index in [-0.39, 0.29) is 0 Å². The standard InChI is InChI=1S/C16H19ClN2O/c1-19(12-13-5-4-6-14(18)11-13)9-10-20-16-8-3-2-7-15(16)17/h2-8,11H,9-10,12,18H2,1H3. The van der Waals surface area contributed by atoms with E-state index in [2.05, 4.69) is 18.0 Å². The van der Waals surface area contributed by atoms with Gasteiger partial charge in [-0.05, 0) is 36.9 Å². The third kappa shape index (κ3) is 4.44. The number of nitrogen functional groups attached to an aromatic ring is 1. The van der Waals surface area contributed by atoms with Crippen LogP contribution in [0.4, 0.5) is 5.69 Å². The molecule has 20 heavy (non-hydrogen) atoms. The Morgan fingerprint density at radius 2 is 1.95 bits per heavy atom. The number of rotatable bonds is 6. The van der Waals surface area contributed by atoms with E-state index < -0.39 is 0 Å². The van der Waals surface area contributed by atoms with Gasteiger partial charge in [-0.1, -0.05) is 35.9 Å². The maximum Gasteiger partial charge on any atom is 0.137 e. The molecule has 4 heteroatoms. The molecule has 2 aromatic rings. The van der Waals surface area contributed by atoms with Crippen molar-refractivity contribution in [1.29, 1.82) is 0 Å². The molecule has 2 rings (SSSR count). The number of anilines is 1. The molecule has 0 aliphatic carbocycles. The average Bonchev–Trinajstić information content (AvgIpc) is 2.41. The second kappa shape index (κ2) is 7.17. The summed E-state index contributed by atoms with van der Waals surface area (Å²) in [5.41, 5.74) is 7.76. The summed E-state index contributed by atoms with van der Waals surface area (Å²) < 4.78 is 5.67. The van der Waals surface area contributed by atoms with Crippen LogP contribution in [0.2, 0.25) is 5.02 Å². The van der Waals surface area contributed by atoms with Gasteiger partial charge in [0.15, 0.2) is 0 Å². The average molecular weight is 291 g/mol. The molecule has 0 fully saturated rings. The Labute approximate surface area is 124 Å². The quantitative estimate of drug-likeness (QED) is 0.828. The highest BCUT2D eigenvalue weighted by molar-refractivity contribution is 6.32. The fourth-order valence-electron chi connectivity index (χ4n) is 1.96. The van der Waals surface area contributed by atoms with Gasteiger partial charge in [-0.25, -0.2) is 0 Å². The van der Waals surface area contributed by atoms with Crippen molar-refractivity contribution in [1.82, 2.24) is 4.90 Å². The zero-order valence-electron chi connectivity index (χ0n) is 11.6. The summed E-state index contributed by atoms with van der Waals surface area (Å²) >= 11 is 6.03. The molecule has 0 saturated carbocycles. The number of hydrogen-bond acceptors (Lipinski definition) is 3. The van der Waals surface area contributed by atoms with Crippen molar-refractivity contribution >= 4 is 17.3 Å². The second-order valence-electron chi connectivity index (χ2n) is 4.76. The first-order valence-corrected chi connectivity index (χ1v) is 6.93. The van der Waals surface area contributed by atoms with Crippen LogP contribution in [0, 0.1) is 0 Å². The molecule has 3 nitrogen and oxygen atoms in total. The van der Waals surface area contributed by atoms with Crippen molar-refractivity contribution in [2.75, 3.05) is 25.9 Å². The minimum Gasteiger partial charge on any atom is -0.491 e. The first-order valence-electron chi connectivity index (χ1n) is 6.55. The smallest absolute Gasteiger partial charge is 0.137 e. The highest BCUT2D eigenvalue weighted by atomic mass is 35.5. The Morgan fingerprint density at radius 3 is 2.70 bits per heavy atom. The van der Waals surface area contributed by atoms with Gasteiger partial charge in [0.2, 0.25) is 0 Å². The molecule has 0 heterocycles. The van der Waals surface area contributed by atoms with E-state index >= 15 is 0 Å². The molecule has 0 radical (unpaired) electrons. The molecule has 0 amide bonds. The molecule has 0 atom stereocenters. The molecule has 0 bridgehead atoms. The number of ether oxygens (including phenoxy) is 1. The third-order valence-electron chi connectivity index (χ3n) is 2.97. The lowest BCUT2D eigenvalue weighted by Gasteiger charge is -2.17. The molecule has 0 aliphatic rings. The van der Waals surface area contributed by atoms with E-state index in [1.54, 1.807) is 0 Å². The zero-order valence-corrected chi connectivity index (χ0v) is 12.3. The molecule has 0 aliphatic heterocycles. The Balaban J connectivity index is 1.78. The Morgan fingerprint density at radius 1 is 1.15 bits per heavy atom. The van der Waals surface area contributed by atoms with Crippen molar-refractivity contribution in [2.45, 2.75) is 6.54 Å². The number of nitrogens with zero attached hydrogens (tertiary/aromatic N) is 1. The number of halogens is 1. The molecule has 0 aromatic heterocycles. The van der Waals surface area contributed by atoms with Gasteiger partial charge in [0.25, 0.3) is 0 Å². The van der Waals surface area contributed by atoms with Crippen LogP contribution in [-0.2, 0) is 6.54 Å². The number of likely N-dealkylation sites (N-methyl/N-ethyl adjacent to an activating group) is 1. The highest BCUT2D eigenvalue weighted by Gasteiger charge is 2.03. The molecule has 0 saturated heterocycles. The number of para-hydroxylation sites is 1. The van der Waals surface area contributed by atoms with Crippen LogP contribution in [0.5, 0.6) is 5.75 Å². The van der Waals surface area contributed by atoms with Gasteiger partial charge in [-0.3, -0.25) is 4.90 Å². The van der Waals surface area contributed by atoms with Crippen LogP contribution in [0.25, 0.3) is 0 Å². The van der Waals surface area contributed by atoms with E-state index in [1.165, 1.54) is 5.56 Å². The van der Waals surface area contributed by atoms with Crippen molar-refractivity contribution in [3.05, 3.63) is 59.1 Å². The fourth-order valence-corrected chi connectivity index (χ4v) is 2.15. The van der Waals surface area contributed by atoms with Crippen LogP contribution in [-0.4, -0.2) is 25.1 Å². The molecular formula is C16H19ClN2O. The van der Waals surface area contributed by atoms with Gasteiger partial charge in [0.1, 0.15) is 12.4 Å². The Kier molecular flexibility index (Phi) is 5.27. The van der Waals surface area contributed by atoms with E-state index in [0.29, 0.717) is 11.6 Å². The van der Waals surface area contributed by atoms with Crippen molar-refractivity contribution in [3.8, 4) is 5.75 Å². The van der Waals surface area contributed by atoms with Gasteiger partial charge < -0.3 is 10.5 Å². The SMILES string of the molecule is CN(CCOc1ccccc1Cl)Cc1cccc(N)c1. The lowest BCUT2D eigenvalue weighted by atomic mass is 10.2. The van der Waals surface area contributed by atoms with Gasteiger partial charge in [0, 0.05) is 18.8 Å². The normalized spacial score (nSPS) is 10.8. The maximum absolute atomic E-state index is 6.03. The molecule has 2 aromatic carbocycles. The fraction of sp³-hybridized carbons (Fsp3) is 0.250. The summed E-state index contributed by atoms with van der Waals surface area (Å²) in [6, 6.07) is 15.4. The van der Waals surface area contributed by atoms with Crippen molar-refractivity contribution < 1.29 is 4.74 Å². The van der Waals surface area contributed by atoms with Crippen LogP contribution >= 0.6 is 11.6 Å². The predicted molar refractivity (Wildman–Crippen MR) is 84.1 cm³/mol. The Hall–Kier alpha value is -1.71. The zero-order chi connectivity index (χ0) is 14.4. The molecule has 106 valence electrons. The summed E-state index contributed by atoms with van der Waals surface area (Å²) in [5.74, 6) is 0.728. The van der Waals surface area contributed by atoms with Crippen LogP contribution in [0.3, 0.4) is 0 Å². The van der Waals surface area contributed by atoms with Crippen molar-refractivity contribution in [2.24, 2.45) is 0 Å². The van der Waals surface area contributed by atoms with E-state index in [9.17, 15) is 0 Å². The monoisotopic (exact) mass is 290 g/mol. The second-order valence-corrected chi connectivity index (χ2v) is 5.17. The number of hydrogen-bond donors (Lipinski definition) is 1. The van der Waals surface area contributed by atoms with Crippen LogP contribution in [0.15, 0.2) is 48.5 Å². The summed E-state index contributed by atoms with van der Waals surface area (Å²) in [6.07, 6.45) is 0. The topological polar surface area (TPSA) is 38.5 Å². The van der Waals surface area contributed by atoms with E-state index in [0.717, 1.165) is 24.5 Å². The lowest BCUT2D eigenvalue weighted by Crippen LogP contribution is -2.23. The molecule has 2 N–H and O–H groups in total. The minimum atomic E-state index is 0.600. The van der Waals surface area contributed by atoms with Crippen LogP contribution in [0.1, 0.15) is 5.56 Å². The number of benzene rings is 2. The van der Waals surface area contributed by atoms with Gasteiger partial charge in [-0.15, -0.1) is 0 Å². The first kappa shape index (κ1) is 14.7. The first-order chi connectivity index (χ1) is 9.65. The van der Waals surface area contributed by atoms with Gasteiger partial charge >= 0.3 is 0 Å². The van der Waals surface area contributed by atoms with Gasteiger partial charge in [0.05, 0.1) is 5.02 Å². The molecule has 0 unspecified atom stereocenters. The summed E-state index contributed by atoms with van der Waals surface area (Å²) in [7, 11) is 2.05. The van der Waals surface area contributed by atoms with E-state index in [4.69, 9.17) is 22.1 Å². The highest BCUT2D eigenvalue weighted by Crippen LogP contribution is 2.22. The minimum absolute atomic E-state index is 0.600. The predicted octanol–water partition coefficient (Wildman–Crippen LogP) is 3.43.